The molecular formula is C24H34N2O4S. The average molecular weight is 447 g/mol. The lowest BCUT2D eigenvalue weighted by molar-refractivity contribution is 0.0217. The molecule has 3 rings (SSSR count). The molecule has 1 unspecified atom stereocenters. The number of fused-ring (bicyclic) bond motifs is 1. The molecule has 2 aromatic rings. The van der Waals surface area contributed by atoms with E-state index in [-0.39, 0.29) is 17.8 Å². The van der Waals surface area contributed by atoms with Crippen molar-refractivity contribution in [3.8, 4) is 0 Å². The Morgan fingerprint density at radius 1 is 1.26 bits per heavy atom. The predicted octanol–water partition coefficient (Wildman–Crippen LogP) is 5.07. The highest BCUT2D eigenvalue weighted by molar-refractivity contribution is 7.91. The fraction of sp³-hybridized carbons (Fsp3) is 0.583. The lowest BCUT2D eigenvalue weighted by Crippen LogP contribution is -2.42. The second-order valence-corrected chi connectivity index (χ2v) is 11.5. The van der Waals surface area contributed by atoms with Gasteiger partial charge in [-0.1, -0.05) is 25.5 Å². The Hall–Kier alpha value is -2.15. The first-order valence-corrected chi connectivity index (χ1v) is 12.8. The first-order valence-electron chi connectivity index (χ1n) is 11.1. The molecule has 0 radical (unpaired) electrons. The van der Waals surface area contributed by atoms with Gasteiger partial charge in [0.15, 0.2) is 9.84 Å². The van der Waals surface area contributed by atoms with Gasteiger partial charge < -0.3 is 9.64 Å². The van der Waals surface area contributed by atoms with Crippen molar-refractivity contribution in [2.75, 3.05) is 18.8 Å². The molecule has 1 amide bonds. The minimum atomic E-state index is -3.52. The van der Waals surface area contributed by atoms with Crippen LogP contribution in [0.15, 0.2) is 41.6 Å². The number of aromatic nitrogens is 1. The van der Waals surface area contributed by atoms with E-state index in [4.69, 9.17) is 4.74 Å². The quantitative estimate of drug-likeness (QED) is 0.537. The van der Waals surface area contributed by atoms with Crippen LogP contribution in [-0.2, 0) is 14.6 Å². The molecule has 0 saturated heterocycles. The van der Waals surface area contributed by atoms with Gasteiger partial charge in [-0.25, -0.2) is 13.2 Å². The topological polar surface area (TPSA) is 76.6 Å². The van der Waals surface area contributed by atoms with E-state index in [1.165, 1.54) is 0 Å². The highest BCUT2D eigenvalue weighted by Crippen LogP contribution is 2.39. The van der Waals surface area contributed by atoms with Crippen molar-refractivity contribution >= 4 is 26.7 Å². The van der Waals surface area contributed by atoms with Gasteiger partial charge in [0.2, 0.25) is 0 Å². The van der Waals surface area contributed by atoms with Gasteiger partial charge in [0.05, 0.1) is 10.6 Å². The van der Waals surface area contributed by atoms with Crippen LogP contribution in [0.5, 0.6) is 0 Å². The first-order chi connectivity index (χ1) is 14.6. The monoisotopic (exact) mass is 446 g/mol. The Morgan fingerprint density at radius 2 is 2.00 bits per heavy atom. The highest BCUT2D eigenvalue weighted by Gasteiger charge is 2.37. The SMILES string of the molecule is CCCCN(CC(CS(=O)(=O)c1cccc2cnccc12)C1CC1)C(=O)OC(C)(C)C. The minimum Gasteiger partial charge on any atom is -0.444 e. The number of hydrogen-bond donors (Lipinski definition) is 0. The van der Waals surface area contributed by atoms with E-state index in [0.717, 1.165) is 31.1 Å². The van der Waals surface area contributed by atoms with E-state index in [0.29, 0.717) is 29.3 Å². The van der Waals surface area contributed by atoms with Crippen molar-refractivity contribution in [1.82, 2.24) is 9.88 Å². The molecule has 31 heavy (non-hydrogen) atoms. The number of amides is 1. The van der Waals surface area contributed by atoms with Crippen LogP contribution in [0.1, 0.15) is 53.4 Å². The normalized spacial score (nSPS) is 15.6. The molecule has 1 atom stereocenters. The fourth-order valence-electron chi connectivity index (χ4n) is 3.86. The van der Waals surface area contributed by atoms with E-state index >= 15 is 0 Å². The molecular weight excluding hydrogens is 412 g/mol. The number of benzene rings is 1. The summed E-state index contributed by atoms with van der Waals surface area (Å²) in [6, 6.07) is 7.05. The molecule has 7 heteroatoms. The summed E-state index contributed by atoms with van der Waals surface area (Å²) in [6.45, 7) is 8.61. The molecule has 1 aromatic carbocycles. The van der Waals surface area contributed by atoms with Crippen molar-refractivity contribution in [3.63, 3.8) is 0 Å². The number of unbranched alkanes of at least 4 members (excludes halogenated alkanes) is 1. The lowest BCUT2D eigenvalue weighted by atomic mass is 10.1. The van der Waals surface area contributed by atoms with E-state index in [1.807, 2.05) is 26.8 Å². The van der Waals surface area contributed by atoms with Crippen LogP contribution in [0.25, 0.3) is 10.8 Å². The zero-order valence-corrected chi connectivity index (χ0v) is 19.8. The number of carbonyl (C=O) groups excluding carboxylic acids is 1. The molecule has 170 valence electrons. The van der Waals surface area contributed by atoms with Gasteiger partial charge in [-0.15, -0.1) is 0 Å². The molecule has 1 aliphatic carbocycles. The van der Waals surface area contributed by atoms with Gasteiger partial charge in [-0.2, -0.15) is 0 Å². The van der Waals surface area contributed by atoms with Crippen molar-refractivity contribution in [2.45, 2.75) is 63.9 Å². The number of rotatable bonds is 9. The van der Waals surface area contributed by atoms with Crippen LogP contribution in [-0.4, -0.2) is 48.8 Å². The van der Waals surface area contributed by atoms with Gasteiger partial charge in [0.1, 0.15) is 5.60 Å². The molecule has 0 aliphatic heterocycles. The number of pyridine rings is 1. The van der Waals surface area contributed by atoms with Crippen LogP contribution < -0.4 is 0 Å². The molecule has 1 aliphatic rings. The second-order valence-electron chi connectivity index (χ2n) is 9.51. The molecule has 0 N–H and O–H groups in total. The van der Waals surface area contributed by atoms with Crippen molar-refractivity contribution in [1.29, 1.82) is 0 Å². The molecule has 1 aromatic heterocycles. The maximum Gasteiger partial charge on any atom is 0.410 e. The van der Waals surface area contributed by atoms with Gasteiger partial charge in [-0.05, 0) is 64.0 Å². The Morgan fingerprint density at radius 3 is 2.65 bits per heavy atom. The van der Waals surface area contributed by atoms with Crippen LogP contribution in [0.4, 0.5) is 4.79 Å². The van der Waals surface area contributed by atoms with E-state index < -0.39 is 15.4 Å². The van der Waals surface area contributed by atoms with Crippen molar-refractivity contribution in [3.05, 3.63) is 36.7 Å². The first kappa shape index (κ1) is 23.5. The zero-order valence-electron chi connectivity index (χ0n) is 19.0. The Labute approximate surface area is 185 Å². The van der Waals surface area contributed by atoms with Crippen LogP contribution in [0.3, 0.4) is 0 Å². The molecule has 0 bridgehead atoms. The third-order valence-electron chi connectivity index (χ3n) is 5.59. The molecule has 1 fully saturated rings. The molecule has 6 nitrogen and oxygen atoms in total. The predicted molar refractivity (Wildman–Crippen MR) is 123 cm³/mol. The Bertz CT molecular complexity index is 1000. The molecule has 1 saturated carbocycles. The van der Waals surface area contributed by atoms with E-state index in [9.17, 15) is 13.2 Å². The van der Waals surface area contributed by atoms with Gasteiger partial charge in [-0.3, -0.25) is 4.98 Å². The standard InChI is InChI=1S/C24H34N2O4S/c1-5-6-14-26(23(27)30-24(2,3)4)16-20(18-10-11-18)17-31(28,29)22-9-7-8-19-15-25-13-12-21(19)22/h7-9,12-13,15,18,20H,5-6,10-11,14,16-17H2,1-4H3. The van der Waals surface area contributed by atoms with Crippen LogP contribution >= 0.6 is 0 Å². The number of ether oxygens (including phenoxy) is 1. The summed E-state index contributed by atoms with van der Waals surface area (Å²) in [5, 5.41) is 1.51. The maximum absolute atomic E-state index is 13.4. The molecule has 1 heterocycles. The Kier molecular flexibility index (Phi) is 7.24. The summed E-state index contributed by atoms with van der Waals surface area (Å²) in [7, 11) is -3.52. The minimum absolute atomic E-state index is 0.0323. The van der Waals surface area contributed by atoms with Gasteiger partial charge >= 0.3 is 6.09 Å². The van der Waals surface area contributed by atoms with Gasteiger partial charge in [0.25, 0.3) is 0 Å². The molecule has 0 spiro atoms. The fourth-order valence-corrected chi connectivity index (χ4v) is 5.78. The smallest absolute Gasteiger partial charge is 0.410 e. The maximum atomic E-state index is 13.4. The summed E-state index contributed by atoms with van der Waals surface area (Å²) in [4.78, 5) is 19.0. The lowest BCUT2D eigenvalue weighted by Gasteiger charge is -2.30. The highest BCUT2D eigenvalue weighted by atomic mass is 32.2. The van der Waals surface area contributed by atoms with E-state index in [1.54, 1.807) is 35.5 Å². The number of sulfone groups is 1. The summed E-state index contributed by atoms with van der Waals surface area (Å²) < 4.78 is 32.5. The Balaban J connectivity index is 1.83. The van der Waals surface area contributed by atoms with E-state index in [2.05, 4.69) is 11.9 Å². The largest absolute Gasteiger partial charge is 0.444 e. The number of carbonyl (C=O) groups is 1. The van der Waals surface area contributed by atoms with Crippen molar-refractivity contribution in [2.24, 2.45) is 11.8 Å². The zero-order chi connectivity index (χ0) is 22.6. The average Bonchev–Trinajstić information content (AvgIpc) is 3.53. The van der Waals surface area contributed by atoms with Gasteiger partial charge in [0, 0.05) is 36.3 Å². The van der Waals surface area contributed by atoms with Crippen molar-refractivity contribution < 1.29 is 17.9 Å². The third-order valence-corrected chi connectivity index (χ3v) is 7.48. The third kappa shape index (κ3) is 6.42. The second kappa shape index (κ2) is 9.55. The number of hydrogen-bond acceptors (Lipinski definition) is 5. The summed E-state index contributed by atoms with van der Waals surface area (Å²) in [5.74, 6) is 0.259. The summed E-state index contributed by atoms with van der Waals surface area (Å²) in [6.07, 6.45) is 6.78. The van der Waals surface area contributed by atoms with Crippen LogP contribution in [0, 0.1) is 11.8 Å². The summed E-state index contributed by atoms with van der Waals surface area (Å²) >= 11 is 0. The van der Waals surface area contributed by atoms with Crippen LogP contribution in [0.2, 0.25) is 0 Å². The summed E-state index contributed by atoms with van der Waals surface area (Å²) in [5.41, 5.74) is -0.584. The number of nitrogens with zero attached hydrogens (tertiary/aromatic N) is 2.